The van der Waals surface area contributed by atoms with Crippen molar-refractivity contribution in [2.75, 3.05) is 20.8 Å². The Hall–Kier alpha value is 0.0969. The third kappa shape index (κ3) is 4.52. The third-order valence-electron chi connectivity index (χ3n) is 1.75. The van der Waals surface area contributed by atoms with Crippen molar-refractivity contribution in [3.05, 3.63) is 0 Å². The highest BCUT2D eigenvalue weighted by atomic mass is 28.3. The number of aliphatic hydroxyl groups is 1. The van der Waals surface area contributed by atoms with E-state index in [0.29, 0.717) is 5.54 Å². The number of hydrogen-bond acceptors (Lipinski definition) is 3. The Morgan fingerprint density at radius 3 is 2.27 bits per heavy atom. The summed E-state index contributed by atoms with van der Waals surface area (Å²) in [6.45, 7) is 2.37. The van der Waals surface area contributed by atoms with Crippen LogP contribution in [0.25, 0.3) is 0 Å². The minimum atomic E-state index is -1.43. The third-order valence-corrected chi connectivity index (χ3v) is 3.94. The lowest BCUT2D eigenvalue weighted by atomic mass is 10.2. The van der Waals surface area contributed by atoms with E-state index in [0.717, 1.165) is 12.8 Å². The maximum Gasteiger partial charge on any atom is 0.323 e. The van der Waals surface area contributed by atoms with Gasteiger partial charge < -0.3 is 14.0 Å². The summed E-state index contributed by atoms with van der Waals surface area (Å²) in [7, 11) is 1.95. The number of hydrogen-bond donors (Lipinski definition) is 1. The van der Waals surface area contributed by atoms with Gasteiger partial charge >= 0.3 is 9.28 Å². The van der Waals surface area contributed by atoms with Crippen molar-refractivity contribution in [1.82, 2.24) is 0 Å². The fourth-order valence-electron chi connectivity index (χ4n) is 1.11. The molecule has 0 saturated heterocycles. The normalized spacial score (nSPS) is 13.9. The van der Waals surface area contributed by atoms with Gasteiger partial charge in [-0.25, -0.2) is 0 Å². The van der Waals surface area contributed by atoms with E-state index in [1.165, 1.54) is 0 Å². The molecule has 0 aromatic carbocycles. The molecule has 3 nitrogen and oxygen atoms in total. The second-order valence-electron chi connectivity index (χ2n) is 2.68. The van der Waals surface area contributed by atoms with E-state index in [1.807, 2.05) is 0 Å². The molecule has 0 saturated carbocycles. The van der Waals surface area contributed by atoms with E-state index in [1.54, 1.807) is 14.2 Å². The van der Waals surface area contributed by atoms with E-state index < -0.39 is 9.28 Å². The molecular formula is C7H18O3Si. The maximum absolute atomic E-state index is 8.58. The molecule has 0 heterocycles. The van der Waals surface area contributed by atoms with Crippen LogP contribution in [-0.2, 0) is 8.85 Å². The lowest BCUT2D eigenvalue weighted by Crippen LogP contribution is -2.24. The second kappa shape index (κ2) is 6.79. The Morgan fingerprint density at radius 2 is 1.91 bits per heavy atom. The first kappa shape index (κ1) is 11.1. The molecule has 0 spiro atoms. The zero-order valence-electron chi connectivity index (χ0n) is 7.54. The van der Waals surface area contributed by atoms with Gasteiger partial charge in [-0.2, -0.15) is 0 Å². The Morgan fingerprint density at radius 1 is 1.36 bits per heavy atom. The molecule has 1 atom stereocenters. The molecule has 0 fully saturated rings. The van der Waals surface area contributed by atoms with Gasteiger partial charge in [-0.15, -0.1) is 0 Å². The van der Waals surface area contributed by atoms with E-state index >= 15 is 0 Å². The average Bonchev–Trinajstić information content (AvgIpc) is 2.03. The summed E-state index contributed by atoms with van der Waals surface area (Å²) in [4.78, 5) is 0. The van der Waals surface area contributed by atoms with Crippen molar-refractivity contribution in [2.45, 2.75) is 25.3 Å². The predicted molar refractivity (Wildman–Crippen MR) is 46.9 cm³/mol. The monoisotopic (exact) mass is 178 g/mol. The molecule has 1 unspecified atom stereocenters. The highest BCUT2D eigenvalue weighted by Gasteiger charge is 2.18. The molecule has 0 amide bonds. The van der Waals surface area contributed by atoms with Crippen molar-refractivity contribution in [3.63, 3.8) is 0 Å². The zero-order chi connectivity index (χ0) is 8.69. The van der Waals surface area contributed by atoms with Crippen LogP contribution >= 0.6 is 0 Å². The van der Waals surface area contributed by atoms with Crippen LogP contribution in [0.2, 0.25) is 5.54 Å². The van der Waals surface area contributed by atoms with E-state index in [9.17, 15) is 0 Å². The molecule has 0 bridgehead atoms. The van der Waals surface area contributed by atoms with E-state index in [2.05, 4.69) is 6.92 Å². The largest absolute Gasteiger partial charge is 0.400 e. The maximum atomic E-state index is 8.58. The van der Waals surface area contributed by atoms with E-state index in [4.69, 9.17) is 14.0 Å². The summed E-state index contributed by atoms with van der Waals surface area (Å²) >= 11 is 0. The molecule has 0 aromatic heterocycles. The highest BCUT2D eigenvalue weighted by Crippen LogP contribution is 2.16. The van der Waals surface area contributed by atoms with Gasteiger partial charge in [0.05, 0.1) is 0 Å². The fourth-order valence-corrected chi connectivity index (χ4v) is 2.74. The lowest BCUT2D eigenvalue weighted by Gasteiger charge is -2.17. The minimum Gasteiger partial charge on any atom is -0.400 e. The van der Waals surface area contributed by atoms with Crippen LogP contribution in [0, 0.1) is 0 Å². The second-order valence-corrected chi connectivity index (χ2v) is 5.50. The minimum absolute atomic E-state index is 0.263. The van der Waals surface area contributed by atoms with Gasteiger partial charge in [-0.3, -0.25) is 0 Å². The van der Waals surface area contributed by atoms with Crippen LogP contribution in [0.5, 0.6) is 0 Å². The quantitative estimate of drug-likeness (QED) is 0.607. The number of rotatable bonds is 6. The van der Waals surface area contributed by atoms with Gasteiger partial charge in [0, 0.05) is 20.8 Å². The molecular weight excluding hydrogens is 160 g/mol. The summed E-state index contributed by atoms with van der Waals surface area (Å²) in [6, 6.07) is 0. The van der Waals surface area contributed by atoms with Crippen LogP contribution in [0.4, 0.5) is 0 Å². The Bertz CT molecular complexity index is 85.8. The Labute approximate surface area is 70.2 Å². The number of aliphatic hydroxyl groups excluding tert-OH is 1. The molecule has 0 aliphatic heterocycles. The molecule has 0 rings (SSSR count). The van der Waals surface area contributed by atoms with Crippen molar-refractivity contribution in [2.24, 2.45) is 0 Å². The van der Waals surface area contributed by atoms with Crippen molar-refractivity contribution >= 4 is 9.28 Å². The summed E-state index contributed by atoms with van der Waals surface area (Å²) in [5.41, 5.74) is 0.483. The van der Waals surface area contributed by atoms with Crippen LogP contribution < -0.4 is 0 Å². The van der Waals surface area contributed by atoms with Crippen molar-refractivity contribution in [3.8, 4) is 0 Å². The summed E-state index contributed by atoms with van der Waals surface area (Å²) in [5.74, 6) is 0. The fraction of sp³-hybridized carbons (Fsp3) is 1.00. The first-order valence-electron chi connectivity index (χ1n) is 3.92. The Kier molecular flexibility index (Phi) is 6.85. The summed E-state index contributed by atoms with van der Waals surface area (Å²) in [5, 5.41) is 8.58. The van der Waals surface area contributed by atoms with Gasteiger partial charge in [0.25, 0.3) is 0 Å². The zero-order valence-corrected chi connectivity index (χ0v) is 8.69. The molecule has 1 N–H and O–H groups in total. The van der Waals surface area contributed by atoms with E-state index in [-0.39, 0.29) is 6.61 Å². The molecule has 68 valence electrons. The smallest absolute Gasteiger partial charge is 0.323 e. The highest BCUT2D eigenvalue weighted by molar-refractivity contribution is 6.46. The Balaban J connectivity index is 3.51. The van der Waals surface area contributed by atoms with Crippen molar-refractivity contribution in [1.29, 1.82) is 0 Å². The van der Waals surface area contributed by atoms with Gasteiger partial charge in [0.15, 0.2) is 0 Å². The first-order chi connectivity index (χ1) is 5.26. The van der Waals surface area contributed by atoms with Gasteiger partial charge in [-0.1, -0.05) is 6.92 Å². The van der Waals surface area contributed by atoms with Gasteiger partial charge in [0.1, 0.15) is 0 Å². The van der Waals surface area contributed by atoms with Crippen LogP contribution in [-0.4, -0.2) is 35.2 Å². The summed E-state index contributed by atoms with van der Waals surface area (Å²) in [6.07, 6.45) is 1.84. The summed E-state index contributed by atoms with van der Waals surface area (Å²) < 4.78 is 10.4. The molecule has 4 heteroatoms. The average molecular weight is 178 g/mol. The lowest BCUT2D eigenvalue weighted by molar-refractivity contribution is 0.253. The van der Waals surface area contributed by atoms with Crippen molar-refractivity contribution < 1.29 is 14.0 Å². The SMILES string of the molecule is CO[SiH](OC)C(C)CCCO. The standard InChI is InChI=1S/C7H18O3Si/c1-7(5-4-6-8)11(9-2)10-3/h7-8,11H,4-6H2,1-3H3. The van der Waals surface area contributed by atoms with Gasteiger partial charge in [0.2, 0.25) is 0 Å². The van der Waals surface area contributed by atoms with Gasteiger partial charge in [-0.05, 0) is 18.4 Å². The van der Waals surface area contributed by atoms with Crippen LogP contribution in [0.1, 0.15) is 19.8 Å². The topological polar surface area (TPSA) is 38.7 Å². The molecule has 0 radical (unpaired) electrons. The molecule has 11 heavy (non-hydrogen) atoms. The predicted octanol–water partition coefficient (Wildman–Crippen LogP) is 0.662. The molecule has 0 aliphatic carbocycles. The van der Waals surface area contributed by atoms with Crippen LogP contribution in [0.15, 0.2) is 0 Å². The first-order valence-corrected chi connectivity index (χ1v) is 5.53. The van der Waals surface area contributed by atoms with Crippen LogP contribution in [0.3, 0.4) is 0 Å². The molecule has 0 aromatic rings. The molecule has 0 aliphatic rings.